The van der Waals surface area contributed by atoms with Gasteiger partial charge in [-0.25, -0.2) is 9.59 Å². The predicted molar refractivity (Wildman–Crippen MR) is 141 cm³/mol. The number of carbonyl (C=O) groups is 2. The molecule has 0 bridgehead atoms. The average molecular weight is 527 g/mol. The lowest BCUT2D eigenvalue weighted by atomic mass is 9.90. The standard InChI is InChI=1S/C26H30N4O6S/c1-16-8-9-19-18(12-16)13-20(37-19)25(33)36-15-21(31)29(10-11-35-2)22-23(27)30(26(34)28-24(22)32)14-17-6-4-3-5-7-17/h3-7,13,16H,8-12,14-15,27H2,1-2H3,(H,28,32,34). The summed E-state index contributed by atoms with van der Waals surface area (Å²) in [4.78, 5) is 56.2. The molecule has 1 atom stereocenters. The van der Waals surface area contributed by atoms with E-state index in [1.165, 1.54) is 27.9 Å². The monoisotopic (exact) mass is 526 g/mol. The fourth-order valence-electron chi connectivity index (χ4n) is 4.39. The molecule has 3 aromatic rings. The van der Waals surface area contributed by atoms with Crippen LogP contribution in [0.25, 0.3) is 0 Å². The molecule has 196 valence electrons. The summed E-state index contributed by atoms with van der Waals surface area (Å²) in [6.45, 7) is 1.74. The predicted octanol–water partition coefficient (Wildman–Crippen LogP) is 2.19. The van der Waals surface area contributed by atoms with Crippen LogP contribution in [0.4, 0.5) is 11.5 Å². The molecule has 2 aromatic heterocycles. The number of esters is 1. The van der Waals surface area contributed by atoms with Crippen LogP contribution in [-0.2, 0) is 33.7 Å². The summed E-state index contributed by atoms with van der Waals surface area (Å²) < 4.78 is 11.6. The van der Waals surface area contributed by atoms with Crippen molar-refractivity contribution in [1.82, 2.24) is 9.55 Å². The van der Waals surface area contributed by atoms with Gasteiger partial charge < -0.3 is 15.2 Å². The number of aromatic nitrogens is 2. The van der Waals surface area contributed by atoms with Crippen LogP contribution < -0.4 is 21.9 Å². The van der Waals surface area contributed by atoms with Gasteiger partial charge in [0.25, 0.3) is 11.5 Å². The molecule has 0 radical (unpaired) electrons. The van der Waals surface area contributed by atoms with Crippen molar-refractivity contribution in [3.05, 3.63) is 78.1 Å². The first-order valence-electron chi connectivity index (χ1n) is 12.0. The van der Waals surface area contributed by atoms with E-state index in [-0.39, 0.29) is 31.2 Å². The van der Waals surface area contributed by atoms with Gasteiger partial charge in [-0.3, -0.25) is 24.0 Å². The number of nitrogens with two attached hydrogens (primary N) is 1. The van der Waals surface area contributed by atoms with E-state index in [0.29, 0.717) is 10.8 Å². The number of anilines is 2. The van der Waals surface area contributed by atoms with E-state index in [1.54, 1.807) is 0 Å². The van der Waals surface area contributed by atoms with Crippen molar-refractivity contribution in [2.45, 2.75) is 32.7 Å². The molecule has 4 rings (SSSR count). The second kappa shape index (κ2) is 11.6. The summed E-state index contributed by atoms with van der Waals surface area (Å²) in [5.41, 5.74) is 6.48. The van der Waals surface area contributed by atoms with Gasteiger partial charge in [0.2, 0.25) is 0 Å². The zero-order chi connectivity index (χ0) is 26.5. The molecule has 0 spiro atoms. The minimum absolute atomic E-state index is 0.0328. The Balaban J connectivity index is 1.55. The number of amides is 1. The molecule has 0 fully saturated rings. The van der Waals surface area contributed by atoms with E-state index in [9.17, 15) is 19.2 Å². The highest BCUT2D eigenvalue weighted by Gasteiger charge is 2.26. The third kappa shape index (κ3) is 6.00. The van der Waals surface area contributed by atoms with Gasteiger partial charge in [-0.15, -0.1) is 11.3 Å². The number of carbonyl (C=O) groups excluding carboxylic acids is 2. The van der Waals surface area contributed by atoms with Crippen LogP contribution in [0.3, 0.4) is 0 Å². The number of aromatic amines is 1. The number of rotatable bonds is 9. The number of hydrogen-bond donors (Lipinski definition) is 2. The number of aryl methyl sites for hydroxylation is 1. The van der Waals surface area contributed by atoms with Gasteiger partial charge in [-0.1, -0.05) is 37.3 Å². The molecule has 1 aromatic carbocycles. The van der Waals surface area contributed by atoms with E-state index >= 15 is 0 Å². The molecule has 0 aliphatic heterocycles. The summed E-state index contributed by atoms with van der Waals surface area (Å²) in [5, 5.41) is 0. The fraction of sp³-hybridized carbons (Fsp3) is 0.385. The van der Waals surface area contributed by atoms with Crippen molar-refractivity contribution < 1.29 is 19.1 Å². The van der Waals surface area contributed by atoms with Crippen molar-refractivity contribution in [2.75, 3.05) is 37.5 Å². The molecule has 0 saturated carbocycles. The van der Waals surface area contributed by atoms with Gasteiger partial charge in [-0.2, -0.15) is 0 Å². The molecule has 11 heteroatoms. The summed E-state index contributed by atoms with van der Waals surface area (Å²) in [6, 6.07) is 10.9. The lowest BCUT2D eigenvalue weighted by Gasteiger charge is -2.24. The number of thiophene rings is 1. The van der Waals surface area contributed by atoms with Gasteiger partial charge >= 0.3 is 11.7 Å². The Bertz CT molecular complexity index is 1390. The molecular weight excluding hydrogens is 496 g/mol. The number of H-pyrrole nitrogens is 1. The molecule has 3 N–H and O–H groups in total. The molecule has 2 heterocycles. The Kier molecular flexibility index (Phi) is 8.24. The smallest absolute Gasteiger partial charge is 0.348 e. The molecule has 1 aliphatic rings. The minimum atomic E-state index is -0.817. The Hall–Kier alpha value is -3.70. The van der Waals surface area contributed by atoms with Crippen LogP contribution in [0.5, 0.6) is 0 Å². The van der Waals surface area contributed by atoms with Crippen LogP contribution in [-0.4, -0.2) is 48.3 Å². The minimum Gasteiger partial charge on any atom is -0.451 e. The van der Waals surface area contributed by atoms with E-state index < -0.39 is 29.7 Å². The number of fused-ring (bicyclic) bond motifs is 1. The summed E-state index contributed by atoms with van der Waals surface area (Å²) in [5.74, 6) is -0.866. The maximum atomic E-state index is 13.2. The molecule has 10 nitrogen and oxygen atoms in total. The summed E-state index contributed by atoms with van der Waals surface area (Å²) in [6.07, 6.45) is 2.93. The van der Waals surface area contributed by atoms with Crippen LogP contribution >= 0.6 is 11.3 Å². The van der Waals surface area contributed by atoms with Crippen LogP contribution in [0.15, 0.2) is 46.0 Å². The maximum Gasteiger partial charge on any atom is 0.348 e. The van der Waals surface area contributed by atoms with E-state index in [4.69, 9.17) is 15.2 Å². The lowest BCUT2D eigenvalue weighted by Crippen LogP contribution is -2.44. The zero-order valence-corrected chi connectivity index (χ0v) is 21.6. The van der Waals surface area contributed by atoms with Gasteiger partial charge in [0.05, 0.1) is 13.2 Å². The highest BCUT2D eigenvalue weighted by Crippen LogP contribution is 2.32. The maximum absolute atomic E-state index is 13.2. The third-order valence-corrected chi connectivity index (χ3v) is 7.56. The normalized spacial score (nSPS) is 14.7. The second-order valence-electron chi connectivity index (χ2n) is 9.09. The van der Waals surface area contributed by atoms with Crippen molar-refractivity contribution in [3.63, 3.8) is 0 Å². The first-order valence-corrected chi connectivity index (χ1v) is 12.8. The number of nitrogens with zero attached hydrogens (tertiary/aromatic N) is 2. The quantitative estimate of drug-likeness (QED) is 0.408. The number of methoxy groups -OCH3 is 1. The van der Waals surface area contributed by atoms with Gasteiger partial charge in [0.1, 0.15) is 10.7 Å². The average Bonchev–Trinajstić information content (AvgIpc) is 3.30. The summed E-state index contributed by atoms with van der Waals surface area (Å²) >= 11 is 1.39. The van der Waals surface area contributed by atoms with Crippen molar-refractivity contribution in [1.29, 1.82) is 0 Å². The SMILES string of the molecule is COCCN(C(=O)COC(=O)c1cc2c(s1)CCC(C)C2)c1c(N)n(Cc2ccccc2)c(=O)[nH]c1=O. The van der Waals surface area contributed by atoms with Gasteiger partial charge in [0.15, 0.2) is 12.3 Å². The Labute approximate surface area is 217 Å². The van der Waals surface area contributed by atoms with E-state index in [1.807, 2.05) is 36.4 Å². The van der Waals surface area contributed by atoms with Crippen LogP contribution in [0, 0.1) is 5.92 Å². The van der Waals surface area contributed by atoms with Gasteiger partial charge in [0, 0.05) is 18.5 Å². The molecule has 1 aliphatic carbocycles. The third-order valence-electron chi connectivity index (χ3n) is 6.34. The van der Waals surface area contributed by atoms with Crippen molar-refractivity contribution >= 4 is 34.7 Å². The number of nitrogens with one attached hydrogen (secondary N) is 1. The molecule has 0 saturated heterocycles. The fourth-order valence-corrected chi connectivity index (χ4v) is 5.49. The van der Waals surface area contributed by atoms with Crippen molar-refractivity contribution in [2.24, 2.45) is 5.92 Å². The molecule has 1 unspecified atom stereocenters. The largest absolute Gasteiger partial charge is 0.451 e. The molecule has 37 heavy (non-hydrogen) atoms. The summed E-state index contributed by atoms with van der Waals surface area (Å²) in [7, 11) is 1.45. The highest BCUT2D eigenvalue weighted by molar-refractivity contribution is 7.14. The second-order valence-corrected chi connectivity index (χ2v) is 10.2. The first kappa shape index (κ1) is 26.4. The van der Waals surface area contributed by atoms with Crippen LogP contribution in [0.1, 0.15) is 39.0 Å². The number of hydrogen-bond acceptors (Lipinski definition) is 8. The molecular formula is C26H30N4O6S. The number of nitrogen functional groups attached to an aromatic ring is 1. The molecule has 1 amide bonds. The topological polar surface area (TPSA) is 137 Å². The van der Waals surface area contributed by atoms with Gasteiger partial charge in [-0.05, 0) is 42.4 Å². The Morgan fingerprint density at radius 1 is 1.24 bits per heavy atom. The first-order chi connectivity index (χ1) is 17.8. The lowest BCUT2D eigenvalue weighted by molar-refractivity contribution is -0.121. The number of ether oxygens (including phenoxy) is 2. The Morgan fingerprint density at radius 2 is 2.00 bits per heavy atom. The van der Waals surface area contributed by atoms with Crippen molar-refractivity contribution in [3.8, 4) is 0 Å². The zero-order valence-electron chi connectivity index (χ0n) is 20.8. The Morgan fingerprint density at radius 3 is 2.73 bits per heavy atom. The van der Waals surface area contributed by atoms with E-state index in [0.717, 1.165) is 35.3 Å². The number of benzene rings is 1. The highest BCUT2D eigenvalue weighted by atomic mass is 32.1. The van der Waals surface area contributed by atoms with Crippen LogP contribution in [0.2, 0.25) is 0 Å². The van der Waals surface area contributed by atoms with E-state index in [2.05, 4.69) is 11.9 Å².